The maximum absolute atomic E-state index is 13.7. The lowest BCUT2D eigenvalue weighted by Crippen LogP contribution is -2.35. The zero-order chi connectivity index (χ0) is 29.0. The molecule has 4 heterocycles. The maximum Gasteiger partial charge on any atom is 0.357 e. The van der Waals surface area contributed by atoms with E-state index in [0.717, 1.165) is 66.2 Å². The number of aryl methyl sites for hydroxylation is 1. The van der Waals surface area contributed by atoms with Crippen LogP contribution >= 0.6 is 11.3 Å². The van der Waals surface area contributed by atoms with E-state index in [-0.39, 0.29) is 33.6 Å². The number of carboxylic acid groups (broad SMARTS) is 2. The van der Waals surface area contributed by atoms with E-state index in [0.29, 0.717) is 4.53 Å². The number of carbonyl (C=O) groups excluding carboxylic acids is 1. The lowest BCUT2D eigenvalue weighted by atomic mass is 9.86. The van der Waals surface area contributed by atoms with E-state index >= 15 is 0 Å². The predicted octanol–water partition coefficient (Wildman–Crippen LogP) is 2.10. The van der Waals surface area contributed by atoms with Crippen LogP contribution in [0.1, 0.15) is 52.4 Å². The number of rotatable bonds is 5. The van der Waals surface area contributed by atoms with Crippen molar-refractivity contribution in [2.24, 2.45) is 5.10 Å². The van der Waals surface area contributed by atoms with Gasteiger partial charge in [-0.15, -0.1) is 11.3 Å². The highest BCUT2D eigenvalue weighted by Crippen LogP contribution is 2.38. The molecule has 0 saturated heterocycles. The van der Waals surface area contributed by atoms with E-state index in [1.54, 1.807) is 6.92 Å². The molecule has 41 heavy (non-hydrogen) atoms. The summed E-state index contributed by atoms with van der Waals surface area (Å²) < 4.78 is 1.94. The first-order chi connectivity index (χ1) is 19.7. The Balaban J connectivity index is 1.56. The van der Waals surface area contributed by atoms with E-state index < -0.39 is 23.6 Å². The largest absolute Gasteiger partial charge is 0.478 e. The SMILES string of the molecule is CCn1c(=O)/c(=C\c2cc3c4c(c2C)CCCN4CCC3)s/c1=C1/C(=O)N(c2ccccc2C(=O)O)N=C1C(=O)O. The Morgan fingerprint density at radius 1 is 1.07 bits per heavy atom. The van der Waals surface area contributed by atoms with E-state index in [4.69, 9.17) is 0 Å². The molecular formula is C30H28N4O6S. The number of nitrogens with zero attached hydrogens (tertiary/aromatic N) is 4. The summed E-state index contributed by atoms with van der Waals surface area (Å²) in [5.41, 5.74) is 4.65. The van der Waals surface area contributed by atoms with Crippen molar-refractivity contribution in [1.29, 1.82) is 0 Å². The number of para-hydroxylation sites is 1. The normalized spacial score (nSPS) is 18.0. The summed E-state index contributed by atoms with van der Waals surface area (Å²) in [4.78, 5) is 53.8. The zero-order valence-electron chi connectivity index (χ0n) is 22.6. The minimum atomic E-state index is -1.45. The van der Waals surface area contributed by atoms with Crippen LogP contribution in [0.25, 0.3) is 11.6 Å². The first kappa shape index (κ1) is 26.7. The molecule has 2 aromatic carbocycles. The standard InChI is InChI=1S/C30H28N4O6S/c1-3-33-26(35)22(15-18-14-17-8-6-12-32-13-7-10-19(16(18)2)25(17)32)41-28(33)23-24(30(39)40)31-34(27(23)36)21-11-5-4-9-20(21)29(37)38/h4-5,9,11,14-15H,3,6-8,10,12-13H2,1-2H3,(H,37,38)(H,39,40)/b22-15+,28-23+. The summed E-state index contributed by atoms with van der Waals surface area (Å²) in [5.74, 6) is -3.54. The van der Waals surface area contributed by atoms with Crippen LogP contribution in [0.4, 0.5) is 11.4 Å². The molecule has 6 rings (SSSR count). The molecule has 3 aliphatic rings. The van der Waals surface area contributed by atoms with Crippen LogP contribution in [0.3, 0.4) is 0 Å². The fraction of sp³-hybridized carbons (Fsp3) is 0.300. The molecule has 0 atom stereocenters. The van der Waals surface area contributed by atoms with Crippen LogP contribution in [-0.2, 0) is 29.0 Å². The molecule has 0 fully saturated rings. The van der Waals surface area contributed by atoms with E-state index in [2.05, 4.69) is 23.0 Å². The van der Waals surface area contributed by atoms with Gasteiger partial charge < -0.3 is 15.1 Å². The van der Waals surface area contributed by atoms with E-state index in [9.17, 15) is 29.4 Å². The van der Waals surface area contributed by atoms with Crippen molar-refractivity contribution in [3.8, 4) is 0 Å². The Labute approximate surface area is 238 Å². The van der Waals surface area contributed by atoms with Gasteiger partial charge in [0.15, 0.2) is 5.71 Å². The molecule has 0 saturated carbocycles. The lowest BCUT2D eigenvalue weighted by Gasteiger charge is -2.38. The van der Waals surface area contributed by atoms with E-state index in [1.165, 1.54) is 45.6 Å². The Morgan fingerprint density at radius 3 is 2.51 bits per heavy atom. The molecule has 3 aromatic rings. The highest BCUT2D eigenvalue weighted by Gasteiger charge is 2.38. The second-order valence-corrected chi connectivity index (χ2v) is 11.3. The maximum atomic E-state index is 13.7. The number of aromatic nitrogens is 1. The van der Waals surface area contributed by atoms with Crippen molar-refractivity contribution in [3.63, 3.8) is 0 Å². The van der Waals surface area contributed by atoms with Gasteiger partial charge in [-0.3, -0.25) is 14.2 Å². The molecular weight excluding hydrogens is 544 g/mol. The molecule has 210 valence electrons. The fourth-order valence-electron chi connectivity index (χ4n) is 6.07. The van der Waals surface area contributed by atoms with Crippen LogP contribution in [0.15, 0.2) is 40.2 Å². The molecule has 1 amide bonds. The smallest absolute Gasteiger partial charge is 0.357 e. The first-order valence-corrected chi connectivity index (χ1v) is 14.4. The second kappa shape index (κ2) is 10.2. The first-order valence-electron chi connectivity index (χ1n) is 13.6. The average molecular weight is 573 g/mol. The number of carbonyl (C=O) groups is 3. The highest BCUT2D eigenvalue weighted by atomic mass is 32.1. The zero-order valence-corrected chi connectivity index (χ0v) is 23.5. The molecule has 2 N–H and O–H groups in total. The number of hydrazone groups is 1. The van der Waals surface area contributed by atoms with Gasteiger partial charge in [-0.2, -0.15) is 10.1 Å². The number of carboxylic acids is 2. The van der Waals surface area contributed by atoms with Crippen molar-refractivity contribution < 1.29 is 24.6 Å². The number of aromatic carboxylic acids is 1. The van der Waals surface area contributed by atoms with Crippen LogP contribution in [-0.4, -0.2) is 51.4 Å². The van der Waals surface area contributed by atoms with Gasteiger partial charge in [-0.1, -0.05) is 12.1 Å². The summed E-state index contributed by atoms with van der Waals surface area (Å²) >= 11 is 1.05. The summed E-state index contributed by atoms with van der Waals surface area (Å²) in [5, 5.41) is 24.4. The minimum absolute atomic E-state index is 0.0554. The third-order valence-corrected chi connectivity index (χ3v) is 9.11. The highest BCUT2D eigenvalue weighted by molar-refractivity contribution is 7.08. The number of benzene rings is 2. The summed E-state index contributed by atoms with van der Waals surface area (Å²) in [6, 6.07) is 7.90. The van der Waals surface area contributed by atoms with Crippen LogP contribution in [0, 0.1) is 6.92 Å². The van der Waals surface area contributed by atoms with Gasteiger partial charge >= 0.3 is 11.9 Å². The molecule has 0 aliphatic carbocycles. The van der Waals surface area contributed by atoms with Crippen molar-refractivity contribution in [2.45, 2.75) is 46.1 Å². The van der Waals surface area contributed by atoms with Crippen molar-refractivity contribution in [3.05, 3.63) is 77.7 Å². The van der Waals surface area contributed by atoms with Crippen LogP contribution in [0.2, 0.25) is 0 Å². The quantitative estimate of drug-likeness (QED) is 0.479. The van der Waals surface area contributed by atoms with Crippen molar-refractivity contribution >= 4 is 57.9 Å². The molecule has 0 unspecified atom stereocenters. The number of amides is 1. The molecule has 0 bridgehead atoms. The van der Waals surface area contributed by atoms with E-state index in [1.807, 2.05) is 6.08 Å². The number of hydrogen-bond acceptors (Lipinski definition) is 7. The van der Waals surface area contributed by atoms with Gasteiger partial charge in [0.2, 0.25) is 0 Å². The molecule has 0 spiro atoms. The third-order valence-electron chi connectivity index (χ3n) is 7.98. The minimum Gasteiger partial charge on any atom is -0.478 e. The van der Waals surface area contributed by atoms with Crippen LogP contribution in [0.5, 0.6) is 0 Å². The van der Waals surface area contributed by atoms with Crippen molar-refractivity contribution in [2.75, 3.05) is 23.0 Å². The third kappa shape index (κ3) is 4.28. The van der Waals surface area contributed by atoms with Gasteiger partial charge in [0.25, 0.3) is 11.5 Å². The monoisotopic (exact) mass is 572 g/mol. The van der Waals surface area contributed by atoms with Crippen molar-refractivity contribution in [1.82, 2.24) is 4.57 Å². The number of anilines is 2. The molecule has 3 aliphatic heterocycles. The predicted molar refractivity (Wildman–Crippen MR) is 156 cm³/mol. The Hall–Kier alpha value is -4.51. The average Bonchev–Trinajstić information content (AvgIpc) is 3.46. The summed E-state index contributed by atoms with van der Waals surface area (Å²) in [6.07, 6.45) is 5.98. The van der Waals surface area contributed by atoms with Gasteiger partial charge in [0.05, 0.1) is 15.8 Å². The Kier molecular flexibility index (Phi) is 6.61. The Bertz CT molecular complexity index is 1870. The number of thiazole rings is 1. The second-order valence-electron chi connectivity index (χ2n) is 10.3. The summed E-state index contributed by atoms with van der Waals surface area (Å²) in [7, 11) is 0. The lowest BCUT2D eigenvalue weighted by molar-refractivity contribution is -0.129. The van der Waals surface area contributed by atoms with Gasteiger partial charge in [0, 0.05) is 25.3 Å². The fourth-order valence-corrected chi connectivity index (χ4v) is 7.27. The molecule has 10 nitrogen and oxygen atoms in total. The van der Waals surface area contributed by atoms with Crippen LogP contribution < -0.4 is 24.7 Å². The molecule has 1 aromatic heterocycles. The number of aliphatic carboxylic acids is 1. The number of hydrogen-bond donors (Lipinski definition) is 2. The topological polar surface area (TPSA) is 133 Å². The molecule has 11 heteroatoms. The molecule has 0 radical (unpaired) electrons. The van der Waals surface area contributed by atoms with Gasteiger partial charge in [0.1, 0.15) is 10.2 Å². The summed E-state index contributed by atoms with van der Waals surface area (Å²) in [6.45, 7) is 6.16. The Morgan fingerprint density at radius 2 is 1.80 bits per heavy atom. The van der Waals surface area contributed by atoms with Gasteiger partial charge in [-0.25, -0.2) is 9.59 Å². The van der Waals surface area contributed by atoms with Gasteiger partial charge in [-0.05, 0) is 86.1 Å².